The van der Waals surface area contributed by atoms with Gasteiger partial charge < -0.3 is 9.64 Å². The summed E-state index contributed by atoms with van der Waals surface area (Å²) >= 11 is 0. The molecule has 128 valence electrons. The van der Waals surface area contributed by atoms with Crippen LogP contribution in [0.2, 0.25) is 0 Å². The SMILES string of the molecule is C[C@H](OC(=O)c1cccc([N+](=O)[O-])c1)C(=O)N1CCc2ccccc21. The van der Waals surface area contributed by atoms with Crippen molar-refractivity contribution in [1.82, 2.24) is 0 Å². The Morgan fingerprint density at radius 3 is 2.72 bits per heavy atom. The van der Waals surface area contributed by atoms with Crippen LogP contribution in [0.25, 0.3) is 0 Å². The van der Waals surface area contributed by atoms with E-state index in [4.69, 9.17) is 4.74 Å². The topological polar surface area (TPSA) is 89.7 Å². The predicted molar refractivity (Wildman–Crippen MR) is 90.5 cm³/mol. The number of non-ortho nitro benzene ring substituents is 1. The Labute approximate surface area is 144 Å². The second-order valence-corrected chi connectivity index (χ2v) is 5.72. The molecule has 1 aliphatic heterocycles. The van der Waals surface area contributed by atoms with E-state index in [2.05, 4.69) is 0 Å². The van der Waals surface area contributed by atoms with Crippen molar-refractivity contribution in [1.29, 1.82) is 0 Å². The van der Waals surface area contributed by atoms with E-state index < -0.39 is 17.0 Å². The van der Waals surface area contributed by atoms with Crippen LogP contribution < -0.4 is 4.90 Å². The van der Waals surface area contributed by atoms with Gasteiger partial charge in [0.25, 0.3) is 11.6 Å². The van der Waals surface area contributed by atoms with E-state index in [1.165, 1.54) is 25.1 Å². The standard InChI is InChI=1S/C18H16N2O5/c1-12(17(21)19-10-9-13-5-2-3-8-16(13)19)25-18(22)14-6-4-7-15(11-14)20(23)24/h2-8,11-12H,9-10H2,1H3/t12-/m0/s1. The zero-order chi connectivity index (χ0) is 18.0. The van der Waals surface area contributed by atoms with Crippen molar-refractivity contribution in [3.05, 3.63) is 69.8 Å². The smallest absolute Gasteiger partial charge is 0.339 e. The Morgan fingerprint density at radius 1 is 1.20 bits per heavy atom. The monoisotopic (exact) mass is 340 g/mol. The molecule has 0 aromatic heterocycles. The van der Waals surface area contributed by atoms with Gasteiger partial charge in [-0.2, -0.15) is 0 Å². The molecule has 0 saturated carbocycles. The van der Waals surface area contributed by atoms with Gasteiger partial charge >= 0.3 is 5.97 Å². The molecule has 1 aliphatic rings. The Kier molecular flexibility index (Phi) is 4.47. The average Bonchev–Trinajstić information content (AvgIpc) is 3.05. The third-order valence-electron chi connectivity index (χ3n) is 4.08. The van der Waals surface area contributed by atoms with Gasteiger partial charge in [-0.1, -0.05) is 24.3 Å². The first kappa shape index (κ1) is 16.6. The largest absolute Gasteiger partial charge is 0.449 e. The van der Waals surface area contributed by atoms with Gasteiger partial charge in [0.05, 0.1) is 10.5 Å². The van der Waals surface area contributed by atoms with Gasteiger partial charge in [0, 0.05) is 24.4 Å². The van der Waals surface area contributed by atoms with Crippen molar-refractivity contribution in [2.24, 2.45) is 0 Å². The van der Waals surface area contributed by atoms with Crippen LogP contribution in [0, 0.1) is 10.1 Å². The molecule has 0 saturated heterocycles. The molecule has 2 aromatic rings. The number of carbonyl (C=O) groups excluding carboxylic acids is 2. The minimum absolute atomic E-state index is 0.0377. The Hall–Kier alpha value is -3.22. The molecule has 0 bridgehead atoms. The zero-order valence-electron chi connectivity index (χ0n) is 13.5. The number of para-hydroxylation sites is 1. The number of carbonyl (C=O) groups is 2. The summed E-state index contributed by atoms with van der Waals surface area (Å²) in [5.41, 5.74) is 1.73. The lowest BCUT2D eigenvalue weighted by molar-refractivity contribution is -0.384. The fourth-order valence-corrected chi connectivity index (χ4v) is 2.81. The molecule has 0 N–H and O–H groups in total. The number of esters is 1. The highest BCUT2D eigenvalue weighted by Crippen LogP contribution is 2.28. The quantitative estimate of drug-likeness (QED) is 0.485. The zero-order valence-corrected chi connectivity index (χ0v) is 13.5. The van der Waals surface area contributed by atoms with E-state index >= 15 is 0 Å². The van der Waals surface area contributed by atoms with Gasteiger partial charge in [-0.15, -0.1) is 0 Å². The normalized spacial score (nSPS) is 13.9. The van der Waals surface area contributed by atoms with Crippen molar-refractivity contribution in [2.75, 3.05) is 11.4 Å². The van der Waals surface area contributed by atoms with Gasteiger partial charge in [0.15, 0.2) is 6.10 Å². The summed E-state index contributed by atoms with van der Waals surface area (Å²) in [6.07, 6.45) is -0.231. The number of hydrogen-bond donors (Lipinski definition) is 0. The summed E-state index contributed by atoms with van der Waals surface area (Å²) in [7, 11) is 0. The van der Waals surface area contributed by atoms with Gasteiger partial charge in [0.1, 0.15) is 0 Å². The van der Waals surface area contributed by atoms with E-state index in [0.717, 1.165) is 23.7 Å². The van der Waals surface area contributed by atoms with Crippen molar-refractivity contribution in [3.8, 4) is 0 Å². The molecule has 1 amide bonds. The summed E-state index contributed by atoms with van der Waals surface area (Å²) in [6, 6.07) is 12.8. The van der Waals surface area contributed by atoms with Crippen LogP contribution in [0.15, 0.2) is 48.5 Å². The van der Waals surface area contributed by atoms with Crippen LogP contribution in [0.3, 0.4) is 0 Å². The summed E-state index contributed by atoms with van der Waals surface area (Å²) in [4.78, 5) is 36.6. The molecule has 0 unspecified atom stereocenters. The molecule has 7 heteroatoms. The van der Waals surface area contributed by atoms with Crippen LogP contribution in [-0.4, -0.2) is 29.4 Å². The number of nitro groups is 1. The van der Waals surface area contributed by atoms with E-state index in [-0.39, 0.29) is 17.2 Å². The lowest BCUT2D eigenvalue weighted by Crippen LogP contribution is -2.39. The molecule has 7 nitrogen and oxygen atoms in total. The van der Waals surface area contributed by atoms with Crippen molar-refractivity contribution >= 4 is 23.3 Å². The number of anilines is 1. The second-order valence-electron chi connectivity index (χ2n) is 5.72. The summed E-state index contributed by atoms with van der Waals surface area (Å²) < 4.78 is 5.21. The highest BCUT2D eigenvalue weighted by molar-refractivity contribution is 6.00. The molecule has 3 rings (SSSR count). The number of fused-ring (bicyclic) bond motifs is 1. The summed E-state index contributed by atoms with van der Waals surface area (Å²) in [5, 5.41) is 10.8. The van der Waals surface area contributed by atoms with Crippen LogP contribution in [-0.2, 0) is 16.0 Å². The number of nitrogens with zero attached hydrogens (tertiary/aromatic N) is 2. The van der Waals surface area contributed by atoms with Crippen LogP contribution in [0.4, 0.5) is 11.4 Å². The fourth-order valence-electron chi connectivity index (χ4n) is 2.81. The maximum atomic E-state index is 12.6. The molecule has 0 fully saturated rings. The number of rotatable bonds is 4. The number of nitro benzene ring substituents is 1. The maximum absolute atomic E-state index is 12.6. The lowest BCUT2D eigenvalue weighted by Gasteiger charge is -2.21. The minimum Gasteiger partial charge on any atom is -0.449 e. The van der Waals surface area contributed by atoms with Crippen LogP contribution in [0.1, 0.15) is 22.8 Å². The first-order chi connectivity index (χ1) is 12.0. The van der Waals surface area contributed by atoms with E-state index in [1.54, 1.807) is 4.90 Å². The van der Waals surface area contributed by atoms with Crippen molar-refractivity contribution in [2.45, 2.75) is 19.4 Å². The first-order valence-corrected chi connectivity index (χ1v) is 7.82. The molecule has 0 aliphatic carbocycles. The van der Waals surface area contributed by atoms with Crippen LogP contribution in [0.5, 0.6) is 0 Å². The van der Waals surface area contributed by atoms with E-state index in [1.807, 2.05) is 24.3 Å². The number of benzene rings is 2. The van der Waals surface area contributed by atoms with E-state index in [9.17, 15) is 19.7 Å². The number of ether oxygens (including phenoxy) is 1. The third kappa shape index (κ3) is 3.35. The second kappa shape index (κ2) is 6.72. The molecule has 2 aromatic carbocycles. The molecule has 0 spiro atoms. The molecular weight excluding hydrogens is 324 g/mol. The Morgan fingerprint density at radius 2 is 1.96 bits per heavy atom. The number of hydrogen-bond acceptors (Lipinski definition) is 5. The molecular formula is C18H16N2O5. The van der Waals surface area contributed by atoms with Crippen molar-refractivity contribution < 1.29 is 19.2 Å². The predicted octanol–water partition coefficient (Wildman–Crippen LogP) is 2.73. The Balaban J connectivity index is 1.71. The fraction of sp³-hybridized carbons (Fsp3) is 0.222. The highest BCUT2D eigenvalue weighted by Gasteiger charge is 2.30. The van der Waals surface area contributed by atoms with Gasteiger partial charge in [-0.25, -0.2) is 4.79 Å². The highest BCUT2D eigenvalue weighted by atomic mass is 16.6. The van der Waals surface area contributed by atoms with Gasteiger partial charge in [-0.05, 0) is 31.0 Å². The average molecular weight is 340 g/mol. The van der Waals surface area contributed by atoms with Gasteiger partial charge in [0.2, 0.25) is 0 Å². The summed E-state index contributed by atoms with van der Waals surface area (Å²) in [6.45, 7) is 2.04. The minimum atomic E-state index is -0.988. The van der Waals surface area contributed by atoms with Gasteiger partial charge in [-0.3, -0.25) is 14.9 Å². The molecule has 1 heterocycles. The summed E-state index contributed by atoms with van der Waals surface area (Å²) in [5.74, 6) is -1.08. The lowest BCUT2D eigenvalue weighted by atomic mass is 10.2. The molecule has 1 atom stereocenters. The van der Waals surface area contributed by atoms with E-state index in [0.29, 0.717) is 6.54 Å². The molecule has 25 heavy (non-hydrogen) atoms. The van der Waals surface area contributed by atoms with Crippen LogP contribution >= 0.6 is 0 Å². The maximum Gasteiger partial charge on any atom is 0.339 e. The third-order valence-corrected chi connectivity index (χ3v) is 4.08. The number of amides is 1. The van der Waals surface area contributed by atoms with Crippen molar-refractivity contribution in [3.63, 3.8) is 0 Å². The molecule has 0 radical (unpaired) electrons. The first-order valence-electron chi connectivity index (χ1n) is 7.82. The Bertz CT molecular complexity index is 849.